The van der Waals surface area contributed by atoms with E-state index in [1.54, 1.807) is 12.1 Å². The smallest absolute Gasteiger partial charge is 0.488 e. The van der Waals surface area contributed by atoms with Gasteiger partial charge in [-0.05, 0) is 52.3 Å². The number of phenols is 1. The highest BCUT2D eigenvalue weighted by Gasteiger charge is 2.57. The summed E-state index contributed by atoms with van der Waals surface area (Å²) >= 11 is 3.20. The number of hydrogen-bond donors (Lipinski definition) is 3. The van der Waals surface area contributed by atoms with Crippen molar-refractivity contribution in [3.05, 3.63) is 75.3 Å². The minimum atomic E-state index is -1.79. The molecule has 3 N–H and O–H groups in total. The first-order chi connectivity index (χ1) is 20.1. The third-order valence-electron chi connectivity index (χ3n) is 8.60. The van der Waals surface area contributed by atoms with E-state index in [9.17, 15) is 34.3 Å². The predicted molar refractivity (Wildman–Crippen MR) is 155 cm³/mol. The van der Waals surface area contributed by atoms with Gasteiger partial charge in [-0.1, -0.05) is 23.8 Å². The van der Waals surface area contributed by atoms with Crippen molar-refractivity contribution < 1.29 is 43.8 Å². The predicted octanol–water partition coefficient (Wildman–Crippen LogP) is 2.06. The van der Waals surface area contributed by atoms with Crippen LogP contribution in [0.3, 0.4) is 0 Å². The lowest BCUT2D eigenvalue weighted by molar-refractivity contribution is -0.123. The van der Waals surface area contributed by atoms with E-state index >= 15 is 0 Å². The van der Waals surface area contributed by atoms with Crippen LogP contribution in [0.25, 0.3) is 0 Å². The Kier molecular flexibility index (Phi) is 6.95. The number of nitrogens with zero attached hydrogens (tertiary/aromatic N) is 1. The number of anilines is 1. The molecule has 6 rings (SSSR count). The van der Waals surface area contributed by atoms with Crippen molar-refractivity contribution in [2.45, 2.75) is 18.8 Å². The molecule has 0 spiro atoms. The van der Waals surface area contributed by atoms with Crippen LogP contribution in [-0.2, 0) is 19.2 Å². The summed E-state index contributed by atoms with van der Waals surface area (Å²) in [5.74, 6) is -4.51. The summed E-state index contributed by atoms with van der Waals surface area (Å²) in [6, 6.07) is 8.88. The van der Waals surface area contributed by atoms with Crippen LogP contribution in [0.1, 0.15) is 24.3 Å². The highest BCUT2D eigenvalue weighted by molar-refractivity contribution is 9.12. The number of amides is 2. The molecule has 0 saturated carbocycles. The van der Waals surface area contributed by atoms with Gasteiger partial charge in [0.25, 0.3) is 0 Å². The number of imide groups is 1. The fourth-order valence-electron chi connectivity index (χ4n) is 6.78. The molecule has 10 nitrogen and oxygen atoms in total. The molecule has 3 aliphatic carbocycles. The van der Waals surface area contributed by atoms with Crippen LogP contribution < -0.4 is 19.8 Å². The van der Waals surface area contributed by atoms with Crippen LogP contribution in [0, 0.1) is 17.8 Å². The van der Waals surface area contributed by atoms with Gasteiger partial charge in [0, 0.05) is 40.8 Å². The second kappa shape index (κ2) is 10.4. The van der Waals surface area contributed by atoms with Gasteiger partial charge in [-0.2, -0.15) is 0 Å². The highest BCUT2D eigenvalue weighted by atomic mass is 79.9. The number of Topliss-reactive ketones (excluding diaryl/α,β-unsaturated/α-hetero) is 1. The molecule has 4 aliphatic rings. The Hall–Kier alpha value is -4.00. The van der Waals surface area contributed by atoms with Crippen LogP contribution in [0.4, 0.5) is 5.69 Å². The number of carbonyl (C=O) groups excluding carboxylic acids is 4. The number of carbonyl (C=O) groups is 4. The minimum Gasteiger partial charge on any atom is -0.507 e. The number of ether oxygens (including phenoxy) is 2. The van der Waals surface area contributed by atoms with Crippen LogP contribution in [-0.4, -0.2) is 59.9 Å². The van der Waals surface area contributed by atoms with Crippen LogP contribution in [0.2, 0.25) is 0 Å². The summed E-state index contributed by atoms with van der Waals surface area (Å²) in [6.45, 7) is 0. The van der Waals surface area contributed by atoms with Crippen LogP contribution in [0.15, 0.2) is 69.8 Å². The molecule has 12 heteroatoms. The zero-order valence-corrected chi connectivity index (χ0v) is 24.1. The molecule has 2 amide bonds. The number of benzene rings is 2. The molecule has 0 bridgehead atoms. The highest BCUT2D eigenvalue weighted by Crippen LogP contribution is 2.58. The molecule has 214 valence electrons. The molecular formula is C30H25BBrNO9. The number of hydrogen-bond acceptors (Lipinski definition) is 9. The second-order valence-electron chi connectivity index (χ2n) is 10.6. The number of allylic oxidation sites excluding steroid dienone is 6. The Morgan fingerprint density at radius 2 is 1.76 bits per heavy atom. The third kappa shape index (κ3) is 4.16. The molecule has 1 saturated heterocycles. The van der Waals surface area contributed by atoms with Gasteiger partial charge < -0.3 is 24.6 Å². The Balaban J connectivity index is 1.51. The average Bonchev–Trinajstić information content (AvgIpc) is 3.24. The average molecular weight is 634 g/mol. The number of aromatic hydroxyl groups is 1. The molecule has 0 aromatic heterocycles. The van der Waals surface area contributed by atoms with E-state index in [1.807, 2.05) is 6.08 Å². The molecule has 1 aliphatic heterocycles. The summed E-state index contributed by atoms with van der Waals surface area (Å²) in [5.41, 5.74) is 1.64. The molecule has 4 atom stereocenters. The number of ketones is 2. The minimum absolute atomic E-state index is 0.0494. The van der Waals surface area contributed by atoms with E-state index in [0.717, 1.165) is 4.90 Å². The molecule has 0 unspecified atom stereocenters. The molecule has 2 aromatic carbocycles. The van der Waals surface area contributed by atoms with Crippen molar-refractivity contribution in [3.8, 4) is 17.2 Å². The summed E-state index contributed by atoms with van der Waals surface area (Å²) in [4.78, 5) is 55.7. The lowest BCUT2D eigenvalue weighted by Gasteiger charge is -2.42. The molecule has 2 aromatic rings. The largest absolute Gasteiger partial charge is 0.507 e. The lowest BCUT2D eigenvalue weighted by Crippen LogP contribution is -2.40. The van der Waals surface area contributed by atoms with E-state index in [4.69, 9.17) is 9.47 Å². The maximum Gasteiger partial charge on any atom is 0.488 e. The van der Waals surface area contributed by atoms with Crippen molar-refractivity contribution in [1.82, 2.24) is 0 Å². The van der Waals surface area contributed by atoms with E-state index in [1.165, 1.54) is 44.6 Å². The van der Waals surface area contributed by atoms with Crippen molar-refractivity contribution >= 4 is 57.6 Å². The summed E-state index contributed by atoms with van der Waals surface area (Å²) in [5, 5.41) is 30.5. The molecule has 0 radical (unpaired) electrons. The van der Waals surface area contributed by atoms with Gasteiger partial charge in [0.2, 0.25) is 11.8 Å². The monoisotopic (exact) mass is 633 g/mol. The fraction of sp³-hybridized carbons (Fsp3) is 0.267. The summed E-state index contributed by atoms with van der Waals surface area (Å²) in [6.07, 6.45) is 3.28. The number of fused-ring (bicyclic) bond motifs is 3. The van der Waals surface area contributed by atoms with Gasteiger partial charge in [-0.25, -0.2) is 0 Å². The SMILES string of the molecule is COc1cc(O)c([C@H]2C3=CC[C@@H]4C(=O)N(c5cccc(B(O)O)c5)C(=O)[C@@H]4[C@@H]3CC3=C2C(=O)C=C(Br)C3=O)c(OC)c1. The molecule has 42 heavy (non-hydrogen) atoms. The zero-order chi connectivity index (χ0) is 30.0. The topological polar surface area (TPSA) is 151 Å². The number of phenolic OH excluding ortho intramolecular Hbond substituents is 1. The molecule has 1 heterocycles. The zero-order valence-electron chi connectivity index (χ0n) is 22.5. The van der Waals surface area contributed by atoms with Gasteiger partial charge in [-0.3, -0.25) is 24.1 Å². The number of methoxy groups -OCH3 is 2. The quantitative estimate of drug-likeness (QED) is 0.195. The van der Waals surface area contributed by atoms with Crippen molar-refractivity contribution in [2.75, 3.05) is 19.1 Å². The van der Waals surface area contributed by atoms with E-state index in [-0.39, 0.29) is 56.7 Å². The van der Waals surface area contributed by atoms with E-state index in [2.05, 4.69) is 15.9 Å². The maximum absolute atomic E-state index is 14.0. The third-order valence-corrected chi connectivity index (χ3v) is 9.18. The van der Waals surface area contributed by atoms with Crippen LogP contribution in [0.5, 0.6) is 17.2 Å². The van der Waals surface area contributed by atoms with Crippen molar-refractivity contribution in [3.63, 3.8) is 0 Å². The maximum atomic E-state index is 14.0. The van der Waals surface area contributed by atoms with Gasteiger partial charge in [0.1, 0.15) is 17.2 Å². The Morgan fingerprint density at radius 3 is 2.45 bits per heavy atom. The first-order valence-corrected chi connectivity index (χ1v) is 14.0. The van der Waals surface area contributed by atoms with Gasteiger partial charge in [0.05, 0.1) is 36.2 Å². The number of halogens is 1. The lowest BCUT2D eigenvalue weighted by atomic mass is 9.59. The van der Waals surface area contributed by atoms with Crippen molar-refractivity contribution in [1.29, 1.82) is 0 Å². The van der Waals surface area contributed by atoms with Gasteiger partial charge in [0.15, 0.2) is 11.6 Å². The van der Waals surface area contributed by atoms with Crippen molar-refractivity contribution in [2.24, 2.45) is 17.8 Å². The standard InChI is InChI=1S/C30H25BBrNO9/c1-41-15-9-21(34)27(23(10-15)42-2)26-16-6-7-17-24(18(16)11-19-25(26)22(35)12-20(32)28(19)36)30(38)33(29(17)37)14-5-3-4-13(8-14)31(39)40/h3-6,8-10,12,17-18,24,26,34,39-40H,7,11H2,1-2H3/t17-,18+,24-,26-/m0/s1. The molecule has 1 fully saturated rings. The normalized spacial score (nSPS) is 25.0. The first kappa shape index (κ1) is 28.1. The van der Waals surface area contributed by atoms with Gasteiger partial charge in [-0.15, -0.1) is 0 Å². The fourth-order valence-corrected chi connectivity index (χ4v) is 7.23. The molecular weight excluding hydrogens is 609 g/mol. The Labute approximate surface area is 249 Å². The van der Waals surface area contributed by atoms with E-state index in [0.29, 0.717) is 11.3 Å². The Morgan fingerprint density at radius 1 is 1.00 bits per heavy atom. The van der Waals surface area contributed by atoms with Gasteiger partial charge >= 0.3 is 7.12 Å². The number of rotatable bonds is 5. The summed E-state index contributed by atoms with van der Waals surface area (Å²) in [7, 11) is 1.06. The first-order valence-electron chi connectivity index (χ1n) is 13.2. The second-order valence-corrected chi connectivity index (χ2v) is 11.5. The Bertz CT molecular complexity index is 1680. The van der Waals surface area contributed by atoms with E-state index < -0.39 is 54.2 Å². The van der Waals surface area contributed by atoms with Crippen LogP contribution >= 0.6 is 15.9 Å². The summed E-state index contributed by atoms with van der Waals surface area (Å²) < 4.78 is 11.0.